The van der Waals surface area contributed by atoms with Crippen LogP contribution in [0, 0.1) is 0 Å². The van der Waals surface area contributed by atoms with Gasteiger partial charge in [0.1, 0.15) is 0 Å². The molecule has 16 heavy (non-hydrogen) atoms. The molecule has 0 aromatic heterocycles. The Hall–Kier alpha value is -1.05. The predicted octanol–water partition coefficient (Wildman–Crippen LogP) is 5.41. The van der Waals surface area contributed by atoms with E-state index >= 15 is 0 Å². The number of rotatable bonds is 0. The van der Waals surface area contributed by atoms with Crippen molar-refractivity contribution in [3.05, 3.63) is 58.0 Å². The van der Waals surface area contributed by atoms with Gasteiger partial charge in [-0.25, -0.2) is 0 Å². The maximum atomic E-state index is 5.99. The molecular weight excluding hydrogens is 284 g/mol. The Balaban J connectivity index is 2.44. The molecule has 0 N–H and O–H groups in total. The zero-order valence-electron chi connectivity index (χ0n) is 8.37. The summed E-state index contributed by atoms with van der Waals surface area (Å²) >= 11 is 9.48. The Bertz CT molecular complexity index is 632. The molecule has 0 saturated heterocycles. The fraction of sp³-hybridized carbons (Fsp3) is 0. The monoisotopic (exact) mass is 290 g/mol. The first-order valence-electron chi connectivity index (χ1n) is 5.01. The van der Waals surface area contributed by atoms with Gasteiger partial charge in [-0.05, 0) is 57.9 Å². The lowest BCUT2D eigenvalue weighted by Crippen LogP contribution is -1.76. The summed E-state index contributed by atoms with van der Waals surface area (Å²) in [5.41, 5.74) is 0. The van der Waals surface area contributed by atoms with E-state index in [2.05, 4.69) is 52.3 Å². The van der Waals surface area contributed by atoms with Crippen molar-refractivity contribution in [2.75, 3.05) is 0 Å². The summed E-state index contributed by atoms with van der Waals surface area (Å²) < 4.78 is 1.10. The van der Waals surface area contributed by atoms with Gasteiger partial charge in [-0.15, -0.1) is 0 Å². The smallest absolute Gasteiger partial charge is 0.0412 e. The molecule has 0 nitrogen and oxygen atoms in total. The molecular formula is C14H8BrCl. The Morgan fingerprint density at radius 1 is 0.688 bits per heavy atom. The lowest BCUT2D eigenvalue weighted by molar-refractivity contribution is 1.72. The maximum absolute atomic E-state index is 5.99. The Labute approximate surface area is 107 Å². The van der Waals surface area contributed by atoms with E-state index in [0.717, 1.165) is 9.50 Å². The number of hydrogen-bond donors (Lipinski definition) is 0. The zero-order chi connectivity index (χ0) is 11.1. The van der Waals surface area contributed by atoms with Crippen molar-refractivity contribution in [3.8, 4) is 0 Å². The molecule has 2 heteroatoms. The van der Waals surface area contributed by atoms with Crippen molar-refractivity contribution >= 4 is 49.1 Å². The third-order valence-corrected chi connectivity index (χ3v) is 3.45. The largest absolute Gasteiger partial charge is 0.0843 e. The van der Waals surface area contributed by atoms with E-state index in [1.807, 2.05) is 12.1 Å². The fourth-order valence-electron chi connectivity index (χ4n) is 1.94. The fourth-order valence-corrected chi connectivity index (χ4v) is 2.50. The van der Waals surface area contributed by atoms with Gasteiger partial charge in [-0.2, -0.15) is 0 Å². The van der Waals surface area contributed by atoms with Crippen molar-refractivity contribution in [1.29, 1.82) is 0 Å². The molecule has 0 radical (unpaired) electrons. The standard InChI is InChI=1S/C14H8BrCl/c15-13-3-1-9-5-10-2-4-14(16)8-12(10)6-11(9)7-13/h1-8H. The highest BCUT2D eigenvalue weighted by Gasteiger charge is 1.99. The summed E-state index contributed by atoms with van der Waals surface area (Å²) in [6.45, 7) is 0. The van der Waals surface area contributed by atoms with Crippen molar-refractivity contribution in [2.45, 2.75) is 0 Å². The van der Waals surface area contributed by atoms with Crippen LogP contribution in [0.2, 0.25) is 5.02 Å². The first-order valence-corrected chi connectivity index (χ1v) is 6.18. The van der Waals surface area contributed by atoms with E-state index in [4.69, 9.17) is 11.6 Å². The topological polar surface area (TPSA) is 0 Å². The van der Waals surface area contributed by atoms with Gasteiger partial charge in [0, 0.05) is 9.50 Å². The van der Waals surface area contributed by atoms with Crippen LogP contribution in [0.1, 0.15) is 0 Å². The van der Waals surface area contributed by atoms with Crippen LogP contribution >= 0.6 is 27.5 Å². The van der Waals surface area contributed by atoms with Crippen LogP contribution in [-0.4, -0.2) is 0 Å². The number of fused-ring (bicyclic) bond motifs is 2. The van der Waals surface area contributed by atoms with E-state index in [1.165, 1.54) is 21.5 Å². The molecule has 0 bridgehead atoms. The second-order valence-corrected chi connectivity index (χ2v) is 5.19. The van der Waals surface area contributed by atoms with Crippen LogP contribution in [0.25, 0.3) is 21.5 Å². The van der Waals surface area contributed by atoms with Crippen molar-refractivity contribution in [2.24, 2.45) is 0 Å². The summed E-state index contributed by atoms with van der Waals surface area (Å²) in [5, 5.41) is 5.65. The Morgan fingerprint density at radius 3 is 2.12 bits per heavy atom. The molecule has 0 saturated carbocycles. The average Bonchev–Trinajstić information content (AvgIpc) is 2.26. The van der Waals surface area contributed by atoms with E-state index in [1.54, 1.807) is 0 Å². The van der Waals surface area contributed by atoms with Gasteiger partial charge >= 0.3 is 0 Å². The molecule has 0 amide bonds. The summed E-state index contributed by atoms with van der Waals surface area (Å²) in [7, 11) is 0. The summed E-state index contributed by atoms with van der Waals surface area (Å²) in [5.74, 6) is 0. The van der Waals surface area contributed by atoms with E-state index in [9.17, 15) is 0 Å². The van der Waals surface area contributed by atoms with Gasteiger partial charge in [-0.3, -0.25) is 0 Å². The van der Waals surface area contributed by atoms with Crippen LogP contribution < -0.4 is 0 Å². The third kappa shape index (κ3) is 1.70. The van der Waals surface area contributed by atoms with E-state index in [0.29, 0.717) is 0 Å². The minimum absolute atomic E-state index is 0.779. The molecule has 0 aliphatic heterocycles. The molecule has 78 valence electrons. The van der Waals surface area contributed by atoms with Crippen LogP contribution in [0.3, 0.4) is 0 Å². The van der Waals surface area contributed by atoms with Gasteiger partial charge in [-0.1, -0.05) is 39.7 Å². The third-order valence-electron chi connectivity index (χ3n) is 2.72. The molecule has 3 aromatic rings. The van der Waals surface area contributed by atoms with Crippen LogP contribution in [-0.2, 0) is 0 Å². The van der Waals surface area contributed by atoms with Crippen LogP contribution in [0.15, 0.2) is 53.0 Å². The SMILES string of the molecule is Clc1ccc2cc3ccc(Br)cc3cc2c1. The maximum Gasteiger partial charge on any atom is 0.0412 e. The molecule has 3 aromatic carbocycles. The second kappa shape index (κ2) is 3.76. The lowest BCUT2D eigenvalue weighted by atomic mass is 10.0. The highest BCUT2D eigenvalue weighted by atomic mass is 79.9. The Kier molecular flexibility index (Phi) is 2.38. The van der Waals surface area contributed by atoms with Gasteiger partial charge in [0.15, 0.2) is 0 Å². The molecule has 0 aliphatic carbocycles. The summed E-state index contributed by atoms with van der Waals surface area (Å²) in [6.07, 6.45) is 0. The van der Waals surface area contributed by atoms with Gasteiger partial charge < -0.3 is 0 Å². The normalized spacial score (nSPS) is 11.1. The van der Waals surface area contributed by atoms with Crippen LogP contribution in [0.4, 0.5) is 0 Å². The molecule has 0 fully saturated rings. The van der Waals surface area contributed by atoms with Gasteiger partial charge in [0.05, 0.1) is 0 Å². The van der Waals surface area contributed by atoms with Crippen molar-refractivity contribution in [1.82, 2.24) is 0 Å². The zero-order valence-corrected chi connectivity index (χ0v) is 10.7. The Morgan fingerprint density at radius 2 is 1.31 bits per heavy atom. The average molecular weight is 292 g/mol. The number of halogens is 2. The highest BCUT2D eigenvalue weighted by Crippen LogP contribution is 2.27. The minimum atomic E-state index is 0.779. The lowest BCUT2D eigenvalue weighted by Gasteiger charge is -2.03. The molecule has 0 heterocycles. The molecule has 0 atom stereocenters. The first-order chi connectivity index (χ1) is 7.72. The van der Waals surface area contributed by atoms with Crippen molar-refractivity contribution in [3.63, 3.8) is 0 Å². The second-order valence-electron chi connectivity index (χ2n) is 3.84. The van der Waals surface area contributed by atoms with E-state index < -0.39 is 0 Å². The van der Waals surface area contributed by atoms with Crippen molar-refractivity contribution < 1.29 is 0 Å². The number of hydrogen-bond acceptors (Lipinski definition) is 0. The minimum Gasteiger partial charge on any atom is -0.0843 e. The predicted molar refractivity (Wildman–Crippen MR) is 74.2 cm³/mol. The summed E-state index contributed by atoms with van der Waals surface area (Å²) in [4.78, 5) is 0. The van der Waals surface area contributed by atoms with Crippen LogP contribution in [0.5, 0.6) is 0 Å². The highest BCUT2D eigenvalue weighted by molar-refractivity contribution is 9.10. The molecule has 0 spiro atoms. The van der Waals surface area contributed by atoms with E-state index in [-0.39, 0.29) is 0 Å². The summed E-state index contributed by atoms with van der Waals surface area (Å²) in [6, 6.07) is 16.6. The molecule has 0 unspecified atom stereocenters. The molecule has 3 rings (SSSR count). The quantitative estimate of drug-likeness (QED) is 0.486. The van der Waals surface area contributed by atoms with Gasteiger partial charge in [0.25, 0.3) is 0 Å². The first kappa shape index (κ1) is 10.1. The van der Waals surface area contributed by atoms with Gasteiger partial charge in [0.2, 0.25) is 0 Å². The molecule has 0 aliphatic rings. The number of benzene rings is 3.